The van der Waals surface area contributed by atoms with Gasteiger partial charge in [0.25, 0.3) is 0 Å². The molecule has 0 amide bonds. The van der Waals surface area contributed by atoms with Crippen LogP contribution < -0.4 is 5.73 Å². The Morgan fingerprint density at radius 3 is 2.21 bits per heavy atom. The highest BCUT2D eigenvalue weighted by atomic mass is 19.1. The summed E-state index contributed by atoms with van der Waals surface area (Å²) in [6, 6.07) is 7.51. The number of nitrogens with two attached hydrogens (primary N) is 1. The third-order valence-corrected chi connectivity index (χ3v) is 2.58. The van der Waals surface area contributed by atoms with Crippen LogP contribution in [0.25, 0.3) is 0 Å². The molecule has 1 atom stereocenters. The summed E-state index contributed by atoms with van der Waals surface area (Å²) in [6.07, 6.45) is -0.992. The van der Waals surface area contributed by atoms with E-state index in [9.17, 15) is 4.39 Å². The van der Waals surface area contributed by atoms with Crippen molar-refractivity contribution in [3.8, 4) is 0 Å². The van der Waals surface area contributed by atoms with Crippen LogP contribution in [-0.4, -0.2) is 6.54 Å². The van der Waals surface area contributed by atoms with Crippen molar-refractivity contribution in [3.63, 3.8) is 0 Å². The number of rotatable bonds is 3. The van der Waals surface area contributed by atoms with E-state index >= 15 is 0 Å². The van der Waals surface area contributed by atoms with E-state index in [1.54, 1.807) is 0 Å². The van der Waals surface area contributed by atoms with Crippen LogP contribution in [0.2, 0.25) is 0 Å². The summed E-state index contributed by atoms with van der Waals surface area (Å²) in [5.41, 5.74) is 6.90. The monoisotopic (exact) mass is 195 g/mol. The first-order valence-corrected chi connectivity index (χ1v) is 4.88. The van der Waals surface area contributed by atoms with Gasteiger partial charge in [0.05, 0.1) is 0 Å². The summed E-state index contributed by atoms with van der Waals surface area (Å²) in [7, 11) is 0. The molecule has 1 unspecified atom stereocenters. The van der Waals surface area contributed by atoms with Crippen LogP contribution in [-0.2, 0) is 0 Å². The molecule has 0 spiro atoms. The third kappa shape index (κ3) is 2.32. The molecule has 0 aliphatic rings. The molecule has 1 aromatic rings. The number of hydrogen-bond acceptors (Lipinski definition) is 1. The molecule has 0 aliphatic carbocycles. The van der Waals surface area contributed by atoms with Crippen molar-refractivity contribution in [2.75, 3.05) is 6.54 Å². The zero-order valence-corrected chi connectivity index (χ0v) is 9.05. The van der Waals surface area contributed by atoms with E-state index in [4.69, 9.17) is 5.73 Å². The lowest BCUT2D eigenvalue weighted by molar-refractivity contribution is 0.153. The fourth-order valence-corrected chi connectivity index (χ4v) is 1.29. The zero-order valence-electron chi connectivity index (χ0n) is 9.05. The lowest BCUT2D eigenvalue weighted by atomic mass is 9.84. The number of aryl methyl sites for hydroxylation is 1. The quantitative estimate of drug-likeness (QED) is 0.788. The third-order valence-electron chi connectivity index (χ3n) is 2.58. The lowest BCUT2D eigenvalue weighted by Gasteiger charge is -2.27. The van der Waals surface area contributed by atoms with Gasteiger partial charge in [-0.25, -0.2) is 4.39 Å². The average Bonchev–Trinajstić information content (AvgIpc) is 2.18. The summed E-state index contributed by atoms with van der Waals surface area (Å²) in [4.78, 5) is 0. The van der Waals surface area contributed by atoms with E-state index in [-0.39, 0.29) is 0 Å². The molecule has 1 nitrogen and oxygen atoms in total. The van der Waals surface area contributed by atoms with Gasteiger partial charge in [0.15, 0.2) is 0 Å². The van der Waals surface area contributed by atoms with Gasteiger partial charge in [-0.05, 0) is 12.5 Å². The molecular formula is C12H18FN. The fraction of sp³-hybridized carbons (Fsp3) is 0.500. The molecular weight excluding hydrogens is 177 g/mol. The summed E-state index contributed by atoms with van der Waals surface area (Å²) in [5.74, 6) is 0. The Morgan fingerprint density at radius 2 is 1.79 bits per heavy atom. The van der Waals surface area contributed by atoms with Gasteiger partial charge >= 0.3 is 0 Å². The van der Waals surface area contributed by atoms with Gasteiger partial charge in [-0.15, -0.1) is 0 Å². The Bertz CT molecular complexity index is 290. The van der Waals surface area contributed by atoms with Gasteiger partial charge in [0, 0.05) is 12.0 Å². The largest absolute Gasteiger partial charge is 0.330 e. The predicted octanol–water partition coefficient (Wildman–Crippen LogP) is 2.99. The molecule has 0 heterocycles. The van der Waals surface area contributed by atoms with E-state index in [1.165, 1.54) is 0 Å². The Hall–Kier alpha value is -0.890. The molecule has 1 rings (SSSR count). The van der Waals surface area contributed by atoms with E-state index in [2.05, 4.69) is 0 Å². The van der Waals surface area contributed by atoms with Gasteiger partial charge in [-0.2, -0.15) is 0 Å². The second-order valence-electron chi connectivity index (χ2n) is 4.47. The maximum atomic E-state index is 14.0. The number of benzene rings is 1. The highest BCUT2D eigenvalue weighted by Gasteiger charge is 2.29. The molecule has 1 aromatic carbocycles. The van der Waals surface area contributed by atoms with Crippen molar-refractivity contribution in [2.24, 2.45) is 11.1 Å². The van der Waals surface area contributed by atoms with Gasteiger partial charge < -0.3 is 5.73 Å². The van der Waals surface area contributed by atoms with E-state index in [0.717, 1.165) is 5.56 Å². The molecule has 0 fully saturated rings. The Morgan fingerprint density at radius 1 is 1.29 bits per heavy atom. The summed E-state index contributed by atoms with van der Waals surface area (Å²) >= 11 is 0. The van der Waals surface area contributed by atoms with E-state index < -0.39 is 11.6 Å². The van der Waals surface area contributed by atoms with Gasteiger partial charge in [-0.3, -0.25) is 0 Å². The fourth-order valence-electron chi connectivity index (χ4n) is 1.29. The standard InChI is InChI=1S/C12H18FN/c1-9-4-6-10(7-5-9)11(13)12(2,3)8-14/h4-7,11H,8,14H2,1-3H3. The first-order valence-electron chi connectivity index (χ1n) is 4.88. The van der Waals surface area contributed by atoms with Crippen molar-refractivity contribution in [1.29, 1.82) is 0 Å². The second kappa shape index (κ2) is 4.09. The van der Waals surface area contributed by atoms with Crippen molar-refractivity contribution in [1.82, 2.24) is 0 Å². The maximum Gasteiger partial charge on any atom is 0.131 e. The Labute approximate surface area is 85.1 Å². The summed E-state index contributed by atoms with van der Waals surface area (Å²) in [6.45, 7) is 6.03. The molecule has 0 radical (unpaired) electrons. The molecule has 0 aromatic heterocycles. The smallest absolute Gasteiger partial charge is 0.131 e. The molecule has 78 valence electrons. The van der Waals surface area contributed by atoms with Crippen LogP contribution in [0.1, 0.15) is 31.1 Å². The normalized spacial score (nSPS) is 14.1. The van der Waals surface area contributed by atoms with Gasteiger partial charge in [0.1, 0.15) is 6.17 Å². The minimum absolute atomic E-state index is 0.349. The van der Waals surface area contributed by atoms with E-state index in [1.807, 2.05) is 45.0 Å². The number of halogens is 1. The lowest BCUT2D eigenvalue weighted by Crippen LogP contribution is -2.28. The highest BCUT2D eigenvalue weighted by molar-refractivity contribution is 5.24. The molecule has 2 N–H and O–H groups in total. The topological polar surface area (TPSA) is 26.0 Å². The molecule has 14 heavy (non-hydrogen) atoms. The van der Waals surface area contributed by atoms with Crippen LogP contribution in [0.4, 0.5) is 4.39 Å². The molecule has 0 bridgehead atoms. The molecule has 2 heteroatoms. The van der Waals surface area contributed by atoms with Crippen LogP contribution in [0.5, 0.6) is 0 Å². The maximum absolute atomic E-state index is 14.0. The first kappa shape index (κ1) is 11.2. The Balaban J connectivity index is 2.89. The van der Waals surface area contributed by atoms with Gasteiger partial charge in [-0.1, -0.05) is 43.7 Å². The SMILES string of the molecule is Cc1ccc(C(F)C(C)(C)CN)cc1. The molecule has 0 saturated heterocycles. The number of hydrogen-bond donors (Lipinski definition) is 1. The summed E-state index contributed by atoms with van der Waals surface area (Å²) < 4.78 is 14.0. The zero-order chi connectivity index (χ0) is 10.8. The average molecular weight is 195 g/mol. The van der Waals surface area contributed by atoms with Crippen LogP contribution in [0.15, 0.2) is 24.3 Å². The predicted molar refractivity (Wildman–Crippen MR) is 57.9 cm³/mol. The van der Waals surface area contributed by atoms with Crippen molar-refractivity contribution in [3.05, 3.63) is 35.4 Å². The minimum Gasteiger partial charge on any atom is -0.330 e. The van der Waals surface area contributed by atoms with Crippen LogP contribution >= 0.6 is 0 Å². The Kier molecular flexibility index (Phi) is 3.27. The van der Waals surface area contributed by atoms with E-state index in [0.29, 0.717) is 12.1 Å². The number of alkyl halides is 1. The molecule has 0 aliphatic heterocycles. The van der Waals surface area contributed by atoms with Gasteiger partial charge in [0.2, 0.25) is 0 Å². The second-order valence-corrected chi connectivity index (χ2v) is 4.47. The van der Waals surface area contributed by atoms with Crippen LogP contribution in [0, 0.1) is 12.3 Å². The highest BCUT2D eigenvalue weighted by Crippen LogP contribution is 2.35. The van der Waals surface area contributed by atoms with Crippen molar-refractivity contribution < 1.29 is 4.39 Å². The minimum atomic E-state index is -0.992. The first-order chi connectivity index (χ1) is 6.47. The van der Waals surface area contributed by atoms with Crippen molar-refractivity contribution >= 4 is 0 Å². The van der Waals surface area contributed by atoms with Crippen molar-refractivity contribution in [2.45, 2.75) is 26.9 Å². The van der Waals surface area contributed by atoms with Crippen LogP contribution in [0.3, 0.4) is 0 Å². The molecule has 0 saturated carbocycles. The summed E-state index contributed by atoms with van der Waals surface area (Å²) in [5, 5.41) is 0.